The van der Waals surface area contributed by atoms with Gasteiger partial charge in [-0.15, -0.1) is 0 Å². The summed E-state index contributed by atoms with van der Waals surface area (Å²) in [5, 5.41) is 2.59. The van der Waals surface area contributed by atoms with Gasteiger partial charge in [-0.1, -0.05) is 11.6 Å². The van der Waals surface area contributed by atoms with Crippen molar-refractivity contribution < 1.29 is 13.6 Å². The van der Waals surface area contributed by atoms with Crippen LogP contribution in [0.25, 0.3) is 0 Å². The van der Waals surface area contributed by atoms with E-state index in [9.17, 15) is 13.6 Å². The fourth-order valence-corrected chi connectivity index (χ4v) is 1.75. The first-order valence-electron chi connectivity index (χ1n) is 5.40. The summed E-state index contributed by atoms with van der Waals surface area (Å²) in [6.45, 7) is -0.00125. The van der Waals surface area contributed by atoms with Crippen LogP contribution in [0.1, 0.15) is 15.9 Å². The first-order chi connectivity index (χ1) is 9.06. The number of amides is 1. The minimum atomic E-state index is -0.691. The highest BCUT2D eigenvalue weighted by Gasteiger charge is 2.10. The van der Waals surface area contributed by atoms with Gasteiger partial charge in [0.15, 0.2) is 0 Å². The summed E-state index contributed by atoms with van der Waals surface area (Å²) in [6, 6.07) is 6.14. The van der Waals surface area contributed by atoms with E-state index in [0.717, 1.165) is 18.2 Å². The zero-order valence-electron chi connectivity index (χ0n) is 9.66. The molecule has 1 heterocycles. The van der Waals surface area contributed by atoms with Crippen molar-refractivity contribution in [1.82, 2.24) is 10.3 Å². The lowest BCUT2D eigenvalue weighted by molar-refractivity contribution is 0.0950. The van der Waals surface area contributed by atoms with Gasteiger partial charge in [-0.25, -0.2) is 13.8 Å². The third-order valence-corrected chi connectivity index (χ3v) is 2.68. The molecule has 0 fully saturated rings. The van der Waals surface area contributed by atoms with E-state index >= 15 is 0 Å². The van der Waals surface area contributed by atoms with E-state index in [0.29, 0.717) is 5.56 Å². The maximum atomic E-state index is 13.0. The van der Waals surface area contributed by atoms with Crippen molar-refractivity contribution in [3.8, 4) is 0 Å². The van der Waals surface area contributed by atoms with Crippen LogP contribution >= 0.6 is 11.6 Å². The van der Waals surface area contributed by atoms with E-state index in [2.05, 4.69) is 10.3 Å². The zero-order chi connectivity index (χ0) is 13.8. The summed E-state index contributed by atoms with van der Waals surface area (Å²) in [7, 11) is 0. The van der Waals surface area contributed by atoms with Gasteiger partial charge in [0.1, 0.15) is 16.8 Å². The Balaban J connectivity index is 2.07. The van der Waals surface area contributed by atoms with E-state index < -0.39 is 17.5 Å². The number of pyridine rings is 1. The molecule has 2 rings (SSSR count). The van der Waals surface area contributed by atoms with Crippen LogP contribution in [-0.2, 0) is 6.54 Å². The number of aromatic nitrogens is 1. The molecule has 0 saturated carbocycles. The van der Waals surface area contributed by atoms with Gasteiger partial charge >= 0.3 is 0 Å². The van der Waals surface area contributed by atoms with Crippen LogP contribution in [-0.4, -0.2) is 10.9 Å². The first kappa shape index (κ1) is 13.4. The Morgan fingerprint density at radius 3 is 2.58 bits per heavy atom. The average Bonchev–Trinajstić information content (AvgIpc) is 2.35. The van der Waals surface area contributed by atoms with Crippen LogP contribution in [0.3, 0.4) is 0 Å². The Bertz CT molecular complexity index is 599. The van der Waals surface area contributed by atoms with Crippen LogP contribution in [0.5, 0.6) is 0 Å². The van der Waals surface area contributed by atoms with E-state index in [1.54, 1.807) is 6.07 Å². The molecule has 1 aromatic carbocycles. The van der Waals surface area contributed by atoms with Crippen LogP contribution in [0.4, 0.5) is 8.78 Å². The number of hydrogen-bond donors (Lipinski definition) is 1. The summed E-state index contributed by atoms with van der Waals surface area (Å²) in [4.78, 5) is 15.6. The number of hydrogen-bond acceptors (Lipinski definition) is 2. The molecule has 0 aliphatic heterocycles. The molecule has 6 heteroatoms. The molecule has 0 atom stereocenters. The molecule has 1 N–H and O–H groups in total. The standard InChI is InChI=1S/C13H9ClF2N2O/c14-12-11(2-1-3-17-12)13(19)18-7-8-4-9(15)6-10(16)5-8/h1-6H,7H2,(H,18,19). The Kier molecular flexibility index (Phi) is 4.06. The van der Waals surface area contributed by atoms with Gasteiger partial charge in [-0.2, -0.15) is 0 Å². The molecule has 2 aromatic rings. The van der Waals surface area contributed by atoms with Gasteiger partial charge in [-0.3, -0.25) is 4.79 Å². The smallest absolute Gasteiger partial charge is 0.254 e. The molecule has 0 aliphatic carbocycles. The summed E-state index contributed by atoms with van der Waals surface area (Å²) in [6.07, 6.45) is 1.46. The van der Waals surface area contributed by atoms with E-state index in [-0.39, 0.29) is 17.3 Å². The molecule has 1 amide bonds. The van der Waals surface area contributed by atoms with Gasteiger partial charge in [-0.05, 0) is 29.8 Å². The molecule has 1 aromatic heterocycles. The molecule has 0 radical (unpaired) electrons. The average molecular weight is 283 g/mol. The molecule has 0 unspecified atom stereocenters. The lowest BCUT2D eigenvalue weighted by Gasteiger charge is -2.06. The molecular weight excluding hydrogens is 274 g/mol. The lowest BCUT2D eigenvalue weighted by atomic mass is 10.2. The molecule has 98 valence electrons. The van der Waals surface area contributed by atoms with Gasteiger partial charge in [0, 0.05) is 18.8 Å². The van der Waals surface area contributed by atoms with Gasteiger partial charge in [0.2, 0.25) is 0 Å². The Morgan fingerprint density at radius 1 is 1.26 bits per heavy atom. The van der Waals surface area contributed by atoms with Crippen LogP contribution in [0, 0.1) is 11.6 Å². The number of nitrogens with one attached hydrogen (secondary N) is 1. The van der Waals surface area contributed by atoms with Gasteiger partial charge < -0.3 is 5.32 Å². The second-order valence-electron chi connectivity index (χ2n) is 3.80. The molecule has 19 heavy (non-hydrogen) atoms. The monoisotopic (exact) mass is 282 g/mol. The van der Waals surface area contributed by atoms with E-state index in [4.69, 9.17) is 11.6 Å². The summed E-state index contributed by atoms with van der Waals surface area (Å²) >= 11 is 5.76. The second-order valence-corrected chi connectivity index (χ2v) is 4.16. The van der Waals surface area contributed by atoms with Crippen molar-refractivity contribution in [1.29, 1.82) is 0 Å². The highest BCUT2D eigenvalue weighted by molar-refractivity contribution is 6.32. The SMILES string of the molecule is O=C(NCc1cc(F)cc(F)c1)c1cccnc1Cl. The normalized spacial score (nSPS) is 10.3. The van der Waals surface area contributed by atoms with Crippen molar-refractivity contribution in [3.05, 3.63) is 64.4 Å². The highest BCUT2D eigenvalue weighted by atomic mass is 35.5. The quantitative estimate of drug-likeness (QED) is 0.880. The number of carbonyl (C=O) groups is 1. The predicted octanol–water partition coefficient (Wildman–Crippen LogP) is 2.94. The topological polar surface area (TPSA) is 42.0 Å². The third-order valence-electron chi connectivity index (χ3n) is 2.38. The van der Waals surface area contributed by atoms with Crippen molar-refractivity contribution >= 4 is 17.5 Å². The summed E-state index contributed by atoms with van der Waals surface area (Å²) < 4.78 is 25.9. The molecule has 0 bridgehead atoms. The van der Waals surface area contributed by atoms with Gasteiger partial charge in [0.25, 0.3) is 5.91 Å². The maximum absolute atomic E-state index is 13.0. The van der Waals surface area contributed by atoms with Crippen molar-refractivity contribution in [2.45, 2.75) is 6.54 Å². The van der Waals surface area contributed by atoms with Crippen LogP contribution in [0.2, 0.25) is 5.15 Å². The molecular formula is C13H9ClF2N2O. The zero-order valence-corrected chi connectivity index (χ0v) is 10.4. The Labute approximate surface area is 113 Å². The minimum absolute atomic E-state index is 0.00125. The number of carbonyl (C=O) groups excluding carboxylic acids is 1. The minimum Gasteiger partial charge on any atom is -0.348 e. The van der Waals surface area contributed by atoms with Crippen molar-refractivity contribution in [2.75, 3.05) is 0 Å². The summed E-state index contributed by atoms with van der Waals surface area (Å²) in [5.41, 5.74) is 0.534. The fourth-order valence-electron chi connectivity index (χ4n) is 1.55. The van der Waals surface area contributed by atoms with Crippen LogP contribution < -0.4 is 5.32 Å². The molecule has 3 nitrogen and oxygen atoms in total. The Morgan fingerprint density at radius 2 is 1.95 bits per heavy atom. The first-order valence-corrected chi connectivity index (χ1v) is 5.78. The maximum Gasteiger partial charge on any atom is 0.254 e. The van der Waals surface area contributed by atoms with Crippen molar-refractivity contribution in [3.63, 3.8) is 0 Å². The summed E-state index contributed by atoms with van der Waals surface area (Å²) in [5.74, 6) is -1.84. The molecule has 0 spiro atoms. The van der Waals surface area contributed by atoms with Gasteiger partial charge in [0.05, 0.1) is 5.56 Å². The lowest BCUT2D eigenvalue weighted by Crippen LogP contribution is -2.23. The second kappa shape index (κ2) is 5.75. The predicted molar refractivity (Wildman–Crippen MR) is 66.8 cm³/mol. The van der Waals surface area contributed by atoms with E-state index in [1.165, 1.54) is 12.3 Å². The largest absolute Gasteiger partial charge is 0.348 e. The van der Waals surface area contributed by atoms with Crippen LogP contribution in [0.15, 0.2) is 36.5 Å². The van der Waals surface area contributed by atoms with E-state index in [1.807, 2.05) is 0 Å². The molecule has 0 aliphatic rings. The number of nitrogens with zero attached hydrogens (tertiary/aromatic N) is 1. The third kappa shape index (κ3) is 3.48. The number of benzene rings is 1. The number of rotatable bonds is 3. The Hall–Kier alpha value is -2.01. The molecule has 0 saturated heterocycles. The fraction of sp³-hybridized carbons (Fsp3) is 0.0769. The highest BCUT2D eigenvalue weighted by Crippen LogP contribution is 2.12. The van der Waals surface area contributed by atoms with Crippen molar-refractivity contribution in [2.24, 2.45) is 0 Å². The number of halogens is 3.